The van der Waals surface area contributed by atoms with Crippen LogP contribution in [0.15, 0.2) is 24.3 Å². The molecule has 0 amide bonds. The summed E-state index contributed by atoms with van der Waals surface area (Å²) in [5, 5.41) is 2.82. The van der Waals surface area contributed by atoms with Crippen molar-refractivity contribution in [1.82, 2.24) is 4.58 Å². The van der Waals surface area contributed by atoms with E-state index in [0.29, 0.717) is 0 Å². The molecule has 1 aromatic heterocycles. The first-order valence-electron chi connectivity index (χ1n) is 6.90. The standard InChI is InChI=1S/C14H16NS.CHF3O3S/c1-9-13-12(15(4)14(9,2)3)10-7-5-6-8-11(10)16-13;2-1(3,4)8(5,6)7/h5-8H,1-4H3;(H,5,6,7)/q+1;/p-1. The molecule has 0 saturated carbocycles. The Balaban J connectivity index is 0.000000224. The van der Waals surface area contributed by atoms with E-state index < -0.39 is 15.6 Å². The molecule has 2 heterocycles. The molecule has 132 valence electrons. The number of benzene rings is 1. The lowest BCUT2D eigenvalue weighted by Gasteiger charge is -2.16. The molecule has 4 nitrogen and oxygen atoms in total. The molecule has 0 aliphatic carbocycles. The van der Waals surface area contributed by atoms with Gasteiger partial charge in [-0.25, -0.2) is 13.0 Å². The summed E-state index contributed by atoms with van der Waals surface area (Å²) in [6.45, 7) is 6.85. The minimum Gasteiger partial charge on any atom is -0.741 e. The maximum atomic E-state index is 10.7. The molecule has 1 aliphatic rings. The lowest BCUT2D eigenvalue weighted by molar-refractivity contribution is -0.0517. The van der Waals surface area contributed by atoms with Gasteiger partial charge in [0.25, 0.3) is 0 Å². The van der Waals surface area contributed by atoms with Gasteiger partial charge in [-0.3, -0.25) is 0 Å². The molecule has 0 radical (unpaired) electrons. The van der Waals surface area contributed by atoms with E-state index in [0.717, 1.165) is 0 Å². The number of hydrogen-bond acceptors (Lipinski definition) is 4. The Bertz CT molecular complexity index is 1020. The first kappa shape index (κ1) is 18.9. The fourth-order valence-electron chi connectivity index (χ4n) is 2.43. The molecule has 0 unspecified atom stereocenters. The summed E-state index contributed by atoms with van der Waals surface area (Å²) in [4.78, 5) is 0. The topological polar surface area (TPSA) is 60.2 Å². The summed E-state index contributed by atoms with van der Waals surface area (Å²) in [5.41, 5.74) is -4.00. The van der Waals surface area contributed by atoms with Gasteiger partial charge >= 0.3 is 5.51 Å². The predicted molar refractivity (Wildman–Crippen MR) is 87.1 cm³/mol. The van der Waals surface area contributed by atoms with Gasteiger partial charge in [0.2, 0.25) is 5.36 Å². The highest BCUT2D eigenvalue weighted by Crippen LogP contribution is 2.23. The first-order valence-corrected chi connectivity index (χ1v) is 9.13. The molecule has 0 atom stereocenters. The summed E-state index contributed by atoms with van der Waals surface area (Å²) in [5.74, 6) is 0. The summed E-state index contributed by atoms with van der Waals surface area (Å²) in [6, 6.07) is 8.70. The van der Waals surface area contributed by atoms with Crippen molar-refractivity contribution in [2.45, 2.75) is 31.8 Å². The number of alkyl halides is 3. The monoisotopic (exact) mass is 379 g/mol. The van der Waals surface area contributed by atoms with Gasteiger partial charge in [0.1, 0.15) is 11.6 Å². The molecule has 0 spiro atoms. The van der Waals surface area contributed by atoms with Crippen molar-refractivity contribution < 1.29 is 26.1 Å². The Morgan fingerprint density at radius 2 is 1.71 bits per heavy atom. The molecule has 1 aliphatic heterocycles. The van der Waals surface area contributed by atoms with Crippen molar-refractivity contribution in [3.63, 3.8) is 0 Å². The van der Waals surface area contributed by atoms with Gasteiger partial charge in [0, 0.05) is 24.1 Å². The molecule has 1 aromatic carbocycles. The molecule has 24 heavy (non-hydrogen) atoms. The molecule has 0 bridgehead atoms. The molecule has 0 N–H and O–H groups in total. The third-order valence-electron chi connectivity index (χ3n) is 4.28. The highest BCUT2D eigenvalue weighted by molar-refractivity contribution is 7.86. The van der Waals surface area contributed by atoms with E-state index >= 15 is 0 Å². The van der Waals surface area contributed by atoms with Gasteiger partial charge in [-0.1, -0.05) is 12.1 Å². The van der Waals surface area contributed by atoms with E-state index in [1.807, 2.05) is 11.3 Å². The van der Waals surface area contributed by atoms with E-state index in [1.165, 1.54) is 25.5 Å². The van der Waals surface area contributed by atoms with Gasteiger partial charge in [0.05, 0.1) is 5.39 Å². The third-order valence-corrected chi connectivity index (χ3v) is 6.13. The summed E-state index contributed by atoms with van der Waals surface area (Å²) >= 11 is 1.92. The van der Waals surface area contributed by atoms with E-state index in [2.05, 4.69) is 56.7 Å². The van der Waals surface area contributed by atoms with Crippen LogP contribution in [0.5, 0.6) is 0 Å². The van der Waals surface area contributed by atoms with Crippen LogP contribution in [0.25, 0.3) is 15.7 Å². The quantitative estimate of drug-likeness (QED) is 0.400. The Kier molecular flexibility index (Phi) is 4.58. The summed E-state index contributed by atoms with van der Waals surface area (Å²) in [6.07, 6.45) is 0. The van der Waals surface area contributed by atoms with Crippen LogP contribution in [0, 0.1) is 0 Å². The minimum absolute atomic E-state index is 0.158. The Morgan fingerprint density at radius 3 is 2.21 bits per heavy atom. The van der Waals surface area contributed by atoms with Crippen LogP contribution >= 0.6 is 11.3 Å². The Hall–Kier alpha value is -1.45. The average Bonchev–Trinajstić information content (AvgIpc) is 2.89. The smallest absolute Gasteiger partial charge is 0.485 e. The maximum absolute atomic E-state index is 10.7. The second-order valence-electron chi connectivity index (χ2n) is 5.92. The van der Waals surface area contributed by atoms with Gasteiger partial charge in [-0.2, -0.15) is 13.2 Å². The van der Waals surface area contributed by atoms with Crippen molar-refractivity contribution in [3.8, 4) is 0 Å². The van der Waals surface area contributed by atoms with E-state index in [9.17, 15) is 13.2 Å². The maximum Gasteiger partial charge on any atom is 0.485 e. The van der Waals surface area contributed by atoms with Crippen LogP contribution in [0.4, 0.5) is 13.2 Å². The van der Waals surface area contributed by atoms with Crippen molar-refractivity contribution in [2.75, 3.05) is 7.05 Å². The van der Waals surface area contributed by atoms with Crippen molar-refractivity contribution in [3.05, 3.63) is 34.2 Å². The third kappa shape index (κ3) is 3.07. The van der Waals surface area contributed by atoms with Crippen LogP contribution in [0.3, 0.4) is 0 Å². The number of hydrogen-bond donors (Lipinski definition) is 0. The predicted octanol–water partition coefficient (Wildman–Crippen LogP) is 2.04. The largest absolute Gasteiger partial charge is 0.741 e. The number of rotatable bonds is 0. The number of thiophene rings is 1. The zero-order valence-corrected chi connectivity index (χ0v) is 15.1. The number of halogens is 3. The van der Waals surface area contributed by atoms with E-state index in [-0.39, 0.29) is 5.54 Å². The van der Waals surface area contributed by atoms with Crippen molar-refractivity contribution >= 4 is 37.1 Å². The van der Waals surface area contributed by atoms with Gasteiger partial charge in [-0.15, -0.1) is 11.3 Å². The molecule has 2 aromatic rings. The van der Waals surface area contributed by atoms with Gasteiger partial charge < -0.3 is 4.55 Å². The first-order chi connectivity index (χ1) is 10.8. The fourth-order valence-corrected chi connectivity index (χ4v) is 3.82. The molecular weight excluding hydrogens is 363 g/mol. The van der Waals surface area contributed by atoms with Crippen LogP contribution in [0.1, 0.15) is 20.8 Å². The molecule has 0 saturated heterocycles. The van der Waals surface area contributed by atoms with Crippen molar-refractivity contribution in [2.24, 2.45) is 0 Å². The van der Waals surface area contributed by atoms with Crippen LogP contribution < -0.4 is 14.5 Å². The zero-order valence-electron chi connectivity index (χ0n) is 13.4. The molecular formula is C15H16F3NO3S2. The second kappa shape index (κ2) is 5.82. The lowest BCUT2D eigenvalue weighted by atomic mass is 9.98. The average molecular weight is 379 g/mol. The molecule has 0 fully saturated rings. The van der Waals surface area contributed by atoms with E-state index in [4.69, 9.17) is 13.0 Å². The van der Waals surface area contributed by atoms with Gasteiger partial charge in [0.15, 0.2) is 15.7 Å². The van der Waals surface area contributed by atoms with Gasteiger partial charge in [-0.05, 0) is 19.1 Å². The summed E-state index contributed by atoms with van der Waals surface area (Å²) < 4.78 is 64.2. The Morgan fingerprint density at radius 1 is 1.21 bits per heavy atom. The fraction of sp³-hybridized carbons (Fsp3) is 0.400. The van der Waals surface area contributed by atoms with Crippen LogP contribution in [0.2, 0.25) is 0 Å². The lowest BCUT2D eigenvalue weighted by Crippen LogP contribution is -2.40. The minimum atomic E-state index is -6.09. The normalized spacial score (nSPS) is 16.8. The SMILES string of the molecule is CC1=c2sc3ccccc3c2=[N+](C)C1(C)C.O=S(=O)([O-])C(F)(F)F. The molecule has 9 heteroatoms. The Labute approximate surface area is 141 Å². The second-order valence-corrected chi connectivity index (χ2v) is 8.34. The van der Waals surface area contributed by atoms with Crippen LogP contribution in [-0.2, 0) is 10.1 Å². The molecule has 3 rings (SSSR count). The highest BCUT2D eigenvalue weighted by atomic mass is 32.2. The van der Waals surface area contributed by atoms with Crippen molar-refractivity contribution in [1.29, 1.82) is 0 Å². The number of fused-ring (bicyclic) bond motifs is 3. The highest BCUT2D eigenvalue weighted by Gasteiger charge is 2.38. The van der Waals surface area contributed by atoms with E-state index in [1.54, 1.807) is 0 Å². The summed E-state index contributed by atoms with van der Waals surface area (Å²) in [7, 11) is -3.89. The number of nitrogens with zero attached hydrogens (tertiary/aromatic N) is 1. The zero-order chi connectivity index (χ0) is 18.5. The van der Waals surface area contributed by atoms with Crippen LogP contribution in [-0.4, -0.2) is 31.1 Å².